The van der Waals surface area contributed by atoms with E-state index >= 15 is 0 Å². The second kappa shape index (κ2) is 4.66. The van der Waals surface area contributed by atoms with E-state index in [2.05, 4.69) is 4.99 Å². The summed E-state index contributed by atoms with van der Waals surface area (Å²) in [5, 5.41) is 8.99. The van der Waals surface area contributed by atoms with E-state index in [4.69, 9.17) is 5.11 Å². The van der Waals surface area contributed by atoms with Crippen LogP contribution in [-0.4, -0.2) is 57.9 Å². The molecule has 1 unspecified atom stereocenters. The first kappa shape index (κ1) is 13.7. The molecule has 1 N–H and O–H groups in total. The van der Waals surface area contributed by atoms with Crippen LogP contribution in [0.1, 0.15) is 18.2 Å². The van der Waals surface area contributed by atoms with Crippen molar-refractivity contribution in [3.63, 3.8) is 0 Å². The van der Waals surface area contributed by atoms with Crippen molar-refractivity contribution in [1.82, 2.24) is 14.4 Å². The number of imidazole rings is 1. The number of hydrogen-bond donors (Lipinski definition) is 1. The van der Waals surface area contributed by atoms with Gasteiger partial charge in [0.1, 0.15) is 11.9 Å². The molecule has 112 valence electrons. The van der Waals surface area contributed by atoms with Crippen LogP contribution in [0, 0.1) is 6.92 Å². The smallest absolute Gasteiger partial charge is 0.396 e. The van der Waals surface area contributed by atoms with Crippen LogP contribution < -0.4 is 4.57 Å². The summed E-state index contributed by atoms with van der Waals surface area (Å²) in [6.07, 6.45) is 2.48. The molecule has 8 heteroatoms. The highest BCUT2D eigenvalue weighted by Crippen LogP contribution is 2.28. The summed E-state index contributed by atoms with van der Waals surface area (Å²) >= 11 is 0. The minimum atomic E-state index is -0.582. The standard InChI is InChI=1S/C13H18N5O3/c1-8-7-18-9-10(14-12(18)17(8)5-4-6-19)15(2)13(21)16(3)11(9)20/h7,9,19H,4-6H2,1-3H3/q+1. The first-order chi connectivity index (χ1) is 9.97. The van der Waals surface area contributed by atoms with Crippen molar-refractivity contribution in [2.75, 3.05) is 20.7 Å². The van der Waals surface area contributed by atoms with Crippen LogP contribution in [-0.2, 0) is 11.3 Å². The fraction of sp³-hybridized carbons (Fsp3) is 0.538. The normalized spacial score (nSPS) is 20.8. The number of amides is 3. The lowest BCUT2D eigenvalue weighted by molar-refractivity contribution is -0.677. The highest BCUT2D eigenvalue weighted by Gasteiger charge is 2.51. The number of hydrogen-bond acceptors (Lipinski definition) is 4. The van der Waals surface area contributed by atoms with E-state index in [1.807, 2.05) is 17.7 Å². The van der Waals surface area contributed by atoms with Crippen molar-refractivity contribution in [3.8, 4) is 0 Å². The number of aryl methyl sites for hydroxylation is 1. The lowest BCUT2D eigenvalue weighted by Crippen LogP contribution is -2.61. The monoisotopic (exact) mass is 292 g/mol. The van der Waals surface area contributed by atoms with E-state index < -0.39 is 6.04 Å². The van der Waals surface area contributed by atoms with Gasteiger partial charge in [-0.15, -0.1) is 0 Å². The number of urea groups is 1. The van der Waals surface area contributed by atoms with Crippen molar-refractivity contribution >= 4 is 23.7 Å². The summed E-state index contributed by atoms with van der Waals surface area (Å²) in [6, 6.07) is -0.957. The molecule has 0 radical (unpaired) electrons. The fourth-order valence-electron chi connectivity index (χ4n) is 2.82. The van der Waals surface area contributed by atoms with Gasteiger partial charge in [0.2, 0.25) is 11.9 Å². The molecule has 21 heavy (non-hydrogen) atoms. The average Bonchev–Trinajstić information content (AvgIpc) is 2.96. The van der Waals surface area contributed by atoms with Crippen molar-refractivity contribution < 1.29 is 19.3 Å². The molecule has 1 saturated heterocycles. The van der Waals surface area contributed by atoms with Crippen molar-refractivity contribution in [1.29, 1.82) is 0 Å². The van der Waals surface area contributed by atoms with Crippen LogP contribution >= 0.6 is 0 Å². The minimum Gasteiger partial charge on any atom is -0.396 e. The summed E-state index contributed by atoms with van der Waals surface area (Å²) in [5.41, 5.74) is 0.969. The fourth-order valence-corrected chi connectivity index (χ4v) is 2.82. The van der Waals surface area contributed by atoms with Gasteiger partial charge in [-0.3, -0.25) is 14.6 Å². The molecule has 0 spiro atoms. The van der Waals surface area contributed by atoms with Gasteiger partial charge in [-0.05, 0) is 6.92 Å². The molecule has 2 aliphatic heterocycles. The quantitative estimate of drug-likeness (QED) is 0.768. The van der Waals surface area contributed by atoms with E-state index in [1.165, 1.54) is 11.9 Å². The van der Waals surface area contributed by atoms with Gasteiger partial charge in [0.15, 0.2) is 0 Å². The van der Waals surface area contributed by atoms with Gasteiger partial charge in [-0.1, -0.05) is 4.99 Å². The predicted molar refractivity (Wildman–Crippen MR) is 73.1 cm³/mol. The number of aromatic nitrogens is 2. The maximum atomic E-state index is 12.4. The van der Waals surface area contributed by atoms with Crippen LogP contribution in [0.4, 0.5) is 10.7 Å². The first-order valence-electron chi connectivity index (χ1n) is 6.83. The Morgan fingerprint density at radius 2 is 2.05 bits per heavy atom. The summed E-state index contributed by atoms with van der Waals surface area (Å²) in [4.78, 5) is 31.4. The molecule has 0 aliphatic carbocycles. The van der Waals surface area contributed by atoms with Gasteiger partial charge < -0.3 is 5.11 Å². The Bertz CT molecular complexity index is 663. The molecule has 2 aliphatic rings. The SMILES string of the molecule is Cc1c[n+]2c(n1CCCO)N=C1C2C(=O)N(C)C(=O)N1C. The number of imide groups is 1. The van der Waals surface area contributed by atoms with Crippen molar-refractivity contribution in [2.45, 2.75) is 25.9 Å². The van der Waals surface area contributed by atoms with Crippen LogP contribution in [0.15, 0.2) is 11.2 Å². The van der Waals surface area contributed by atoms with E-state index in [1.54, 1.807) is 11.6 Å². The number of likely N-dealkylation sites (N-methyl/N-ethyl adjacent to an activating group) is 2. The Morgan fingerprint density at radius 3 is 2.71 bits per heavy atom. The van der Waals surface area contributed by atoms with E-state index in [0.717, 1.165) is 10.6 Å². The number of aliphatic hydroxyl groups is 1. The summed E-state index contributed by atoms with van der Waals surface area (Å²) in [6.45, 7) is 2.65. The number of fused-ring (bicyclic) bond motifs is 3. The zero-order valence-corrected chi connectivity index (χ0v) is 12.3. The molecule has 0 bridgehead atoms. The number of aliphatic imine (C=N–C) groups is 1. The second-order valence-corrected chi connectivity index (χ2v) is 5.32. The Morgan fingerprint density at radius 1 is 1.33 bits per heavy atom. The minimum absolute atomic E-state index is 0.0944. The second-order valence-electron chi connectivity index (χ2n) is 5.32. The van der Waals surface area contributed by atoms with Gasteiger partial charge in [-0.25, -0.2) is 13.9 Å². The van der Waals surface area contributed by atoms with Gasteiger partial charge in [0, 0.05) is 27.1 Å². The number of carbonyl (C=O) groups excluding carboxylic acids is 2. The summed E-state index contributed by atoms with van der Waals surface area (Å²) in [7, 11) is 3.10. The third kappa shape index (κ3) is 1.79. The average molecular weight is 292 g/mol. The maximum absolute atomic E-state index is 12.4. The van der Waals surface area contributed by atoms with Crippen LogP contribution in [0.3, 0.4) is 0 Å². The Labute approximate surface area is 121 Å². The van der Waals surface area contributed by atoms with Crippen LogP contribution in [0.25, 0.3) is 0 Å². The van der Waals surface area contributed by atoms with Crippen LogP contribution in [0.2, 0.25) is 0 Å². The van der Waals surface area contributed by atoms with Crippen LogP contribution in [0.5, 0.6) is 0 Å². The number of amidine groups is 1. The van der Waals surface area contributed by atoms with Crippen molar-refractivity contribution in [2.24, 2.45) is 4.99 Å². The third-order valence-electron chi connectivity index (χ3n) is 3.98. The molecule has 3 amide bonds. The van der Waals surface area contributed by atoms with E-state index in [9.17, 15) is 9.59 Å². The lowest BCUT2D eigenvalue weighted by atomic mass is 10.2. The number of rotatable bonds is 3. The van der Waals surface area contributed by atoms with Gasteiger partial charge >= 0.3 is 12.0 Å². The molecule has 1 fully saturated rings. The van der Waals surface area contributed by atoms with Gasteiger partial charge in [-0.2, -0.15) is 0 Å². The number of carbonyl (C=O) groups is 2. The molecule has 3 heterocycles. The third-order valence-corrected chi connectivity index (χ3v) is 3.98. The van der Waals surface area contributed by atoms with E-state index in [-0.39, 0.29) is 18.5 Å². The molecular formula is C13H18N5O3+. The molecule has 1 aromatic rings. The Balaban J connectivity index is 2.08. The zero-order valence-electron chi connectivity index (χ0n) is 12.3. The Hall–Kier alpha value is -2.22. The number of nitrogens with zero attached hydrogens (tertiary/aromatic N) is 5. The molecule has 1 atom stereocenters. The summed E-state index contributed by atoms with van der Waals surface area (Å²) in [5.74, 6) is 0.819. The topological polar surface area (TPSA) is 82.0 Å². The first-order valence-corrected chi connectivity index (χ1v) is 6.83. The van der Waals surface area contributed by atoms with Gasteiger partial charge in [0.05, 0.1) is 6.54 Å². The lowest BCUT2D eigenvalue weighted by Gasteiger charge is -2.30. The molecule has 3 rings (SSSR count). The molecule has 0 saturated carbocycles. The largest absolute Gasteiger partial charge is 0.401 e. The molecular weight excluding hydrogens is 274 g/mol. The van der Waals surface area contributed by atoms with E-state index in [0.29, 0.717) is 24.7 Å². The predicted octanol–water partition coefficient (Wildman–Crippen LogP) is -0.425. The Kier molecular flexibility index (Phi) is 3.05. The van der Waals surface area contributed by atoms with Crippen molar-refractivity contribution in [3.05, 3.63) is 11.9 Å². The summed E-state index contributed by atoms with van der Waals surface area (Å²) < 4.78 is 3.75. The number of aliphatic hydroxyl groups excluding tert-OH is 1. The molecule has 8 nitrogen and oxygen atoms in total. The zero-order chi connectivity index (χ0) is 15.3. The highest BCUT2D eigenvalue weighted by molar-refractivity contribution is 6.18. The highest BCUT2D eigenvalue weighted by atomic mass is 16.3. The van der Waals surface area contributed by atoms with Gasteiger partial charge in [0.25, 0.3) is 5.91 Å². The molecule has 0 aromatic carbocycles. The molecule has 1 aromatic heterocycles. The maximum Gasteiger partial charge on any atom is 0.401 e.